The molecule has 7 N–H and O–H groups in total. The Bertz CT molecular complexity index is 1220. The molecule has 1 unspecified atom stereocenters. The number of fused-ring (bicyclic) bond motifs is 3. The van der Waals surface area contributed by atoms with Gasteiger partial charge in [0.1, 0.15) is 28.4 Å². The lowest BCUT2D eigenvalue weighted by Gasteiger charge is -2.53. The van der Waals surface area contributed by atoms with Crippen molar-refractivity contribution in [1.29, 1.82) is 0 Å². The van der Waals surface area contributed by atoms with Gasteiger partial charge in [-0.1, -0.05) is 0 Å². The highest BCUT2D eigenvalue weighted by Crippen LogP contribution is 2.55. The van der Waals surface area contributed by atoms with Crippen LogP contribution in [0, 0.1) is 5.92 Å². The number of hydrogen-bond donors (Lipinski definition) is 6. The number of hydrogen-bond acceptors (Lipinski definition) is 10. The minimum absolute atomic E-state index is 0.0871. The zero-order valence-corrected chi connectivity index (χ0v) is 19.2. The fourth-order valence-electron chi connectivity index (χ4n) is 5.67. The number of ketones is 2. The minimum Gasteiger partial charge on any atom is -0.508 e. The molecule has 0 aliphatic heterocycles. The van der Waals surface area contributed by atoms with E-state index in [9.17, 15) is 39.9 Å². The number of rotatable bonds is 3. The van der Waals surface area contributed by atoms with Crippen molar-refractivity contribution in [3.05, 3.63) is 40.2 Å². The van der Waals surface area contributed by atoms with E-state index in [1.807, 2.05) is 0 Å². The Hall–Kier alpha value is -3.41. The quantitative estimate of drug-likeness (QED) is 0.302. The molecule has 3 aliphatic rings. The van der Waals surface area contributed by atoms with Crippen LogP contribution in [-0.2, 0) is 20.8 Å². The number of likely N-dealkylation sites (N-methyl/N-ethyl adjacent to an activating group) is 1. The number of aromatic hydroxyl groups is 1. The molecule has 3 aliphatic carbocycles. The third kappa shape index (κ3) is 2.84. The molecule has 1 amide bonds. The highest BCUT2D eigenvalue weighted by molar-refractivity contribution is 6.24. The van der Waals surface area contributed by atoms with E-state index in [0.717, 1.165) is 0 Å². The fourth-order valence-corrected chi connectivity index (χ4v) is 5.67. The Morgan fingerprint density at radius 2 is 1.71 bits per heavy atom. The van der Waals surface area contributed by atoms with Crippen LogP contribution in [0.15, 0.2) is 29.0 Å². The largest absolute Gasteiger partial charge is 0.508 e. The van der Waals surface area contributed by atoms with Crippen molar-refractivity contribution in [1.82, 2.24) is 4.90 Å². The maximum absolute atomic E-state index is 13.7. The van der Waals surface area contributed by atoms with Crippen molar-refractivity contribution in [2.45, 2.75) is 30.1 Å². The Labute approximate surface area is 195 Å². The van der Waals surface area contributed by atoms with Gasteiger partial charge in [0, 0.05) is 32.1 Å². The first kappa shape index (κ1) is 23.7. The number of phenols is 1. The standard InChI is InChI=1S/C23H27N3O8/c1-25(2)11-5-6-12(27)13-9(11)7-22(33)8-10-16(26(3)4)18(29)14(21(24)32)19(30)23(10,34)20(31)15(22)17(13)28/h5-6,10,16,27-28,30,33-34H,7-8H2,1-4H3,(H2,24,32)/t10-,16-,22?,23+/m0/s1. The molecule has 0 heterocycles. The van der Waals surface area contributed by atoms with E-state index in [1.54, 1.807) is 25.1 Å². The molecule has 4 rings (SSSR count). The van der Waals surface area contributed by atoms with Crippen molar-refractivity contribution in [3.63, 3.8) is 0 Å². The summed E-state index contributed by atoms with van der Waals surface area (Å²) < 4.78 is 0. The Balaban J connectivity index is 2.05. The van der Waals surface area contributed by atoms with E-state index >= 15 is 0 Å². The molecule has 11 heteroatoms. The molecule has 11 nitrogen and oxygen atoms in total. The SMILES string of the molecule is CN(C)c1ccc(O)c2c1CC1(O)C[C@H]3[C@H](N(C)C)C(=O)C(C(N)=O)=C(O)[C@@]3(O)C(=O)C1=C2O. The van der Waals surface area contributed by atoms with E-state index in [1.165, 1.54) is 25.1 Å². The van der Waals surface area contributed by atoms with Crippen LogP contribution in [0.2, 0.25) is 0 Å². The van der Waals surface area contributed by atoms with Crippen LogP contribution in [0.4, 0.5) is 5.69 Å². The number of Topliss-reactive ketones (excluding diaryl/α,β-unsaturated/α-hetero) is 2. The first-order valence-corrected chi connectivity index (χ1v) is 10.6. The summed E-state index contributed by atoms with van der Waals surface area (Å²) in [6.07, 6.45) is -0.634. The third-order valence-electron chi connectivity index (χ3n) is 7.12. The number of benzene rings is 1. The zero-order chi connectivity index (χ0) is 25.5. The van der Waals surface area contributed by atoms with E-state index < -0.39 is 69.7 Å². The van der Waals surface area contributed by atoms with Crippen molar-refractivity contribution >= 4 is 28.9 Å². The predicted octanol–water partition coefficient (Wildman–Crippen LogP) is -0.855. The summed E-state index contributed by atoms with van der Waals surface area (Å²) in [5.74, 6) is -7.17. The number of nitrogens with two attached hydrogens (primary N) is 1. The van der Waals surface area contributed by atoms with Gasteiger partial charge in [-0.05, 0) is 38.2 Å². The maximum atomic E-state index is 13.7. The number of nitrogens with zero attached hydrogens (tertiary/aromatic N) is 2. The van der Waals surface area contributed by atoms with Crippen LogP contribution in [0.3, 0.4) is 0 Å². The Morgan fingerprint density at radius 3 is 2.24 bits per heavy atom. The topological polar surface area (TPSA) is 185 Å². The molecular formula is C23H27N3O8. The normalized spacial score (nSPS) is 30.8. The number of carbonyl (C=O) groups is 3. The van der Waals surface area contributed by atoms with Crippen molar-refractivity contribution < 1.29 is 39.9 Å². The van der Waals surface area contributed by atoms with E-state index in [-0.39, 0.29) is 17.7 Å². The molecule has 0 radical (unpaired) electrons. The van der Waals surface area contributed by atoms with E-state index in [0.29, 0.717) is 11.3 Å². The van der Waals surface area contributed by atoms with Crippen molar-refractivity contribution in [3.8, 4) is 5.75 Å². The summed E-state index contributed by atoms with van der Waals surface area (Å²) in [5, 5.41) is 55.6. The Morgan fingerprint density at radius 1 is 1.09 bits per heavy atom. The summed E-state index contributed by atoms with van der Waals surface area (Å²) >= 11 is 0. The average Bonchev–Trinajstić information content (AvgIpc) is 2.69. The first-order chi connectivity index (χ1) is 15.7. The Kier molecular flexibility index (Phi) is 5.09. The van der Waals surface area contributed by atoms with Gasteiger partial charge in [0.25, 0.3) is 5.91 Å². The van der Waals surface area contributed by atoms with Gasteiger partial charge in [0.05, 0.1) is 17.2 Å². The van der Waals surface area contributed by atoms with Gasteiger partial charge in [-0.2, -0.15) is 0 Å². The van der Waals surface area contributed by atoms with Crippen LogP contribution in [0.1, 0.15) is 17.5 Å². The van der Waals surface area contributed by atoms with E-state index in [4.69, 9.17) is 5.73 Å². The molecular weight excluding hydrogens is 446 g/mol. The van der Waals surface area contributed by atoms with Gasteiger partial charge in [-0.3, -0.25) is 19.3 Å². The maximum Gasteiger partial charge on any atom is 0.255 e. The molecule has 1 aromatic carbocycles. The third-order valence-corrected chi connectivity index (χ3v) is 7.12. The second-order valence-corrected chi connectivity index (χ2v) is 9.55. The van der Waals surface area contributed by atoms with Crippen LogP contribution in [-0.4, -0.2) is 93.3 Å². The summed E-state index contributed by atoms with van der Waals surface area (Å²) in [5.41, 5.74) is -0.243. The molecule has 0 bridgehead atoms. The number of phenolic OH excluding ortho intramolecular Hbond substituents is 1. The van der Waals surface area contributed by atoms with Crippen LogP contribution in [0.5, 0.6) is 5.75 Å². The van der Waals surface area contributed by atoms with Gasteiger partial charge in [0.2, 0.25) is 5.78 Å². The number of amides is 1. The van der Waals surface area contributed by atoms with Gasteiger partial charge in [-0.25, -0.2) is 0 Å². The number of carbonyl (C=O) groups excluding carboxylic acids is 3. The van der Waals surface area contributed by atoms with Crippen LogP contribution in [0.25, 0.3) is 5.76 Å². The second-order valence-electron chi connectivity index (χ2n) is 9.55. The van der Waals surface area contributed by atoms with Crippen molar-refractivity contribution in [2.75, 3.05) is 33.1 Å². The first-order valence-electron chi connectivity index (χ1n) is 10.6. The fraction of sp³-hybridized carbons (Fsp3) is 0.435. The van der Waals surface area contributed by atoms with Gasteiger partial charge < -0.3 is 36.2 Å². The number of aliphatic hydroxyl groups is 4. The predicted molar refractivity (Wildman–Crippen MR) is 120 cm³/mol. The zero-order valence-electron chi connectivity index (χ0n) is 19.2. The molecule has 1 fully saturated rings. The molecule has 4 atom stereocenters. The summed E-state index contributed by atoms with van der Waals surface area (Å²) in [6, 6.07) is 1.64. The van der Waals surface area contributed by atoms with Crippen LogP contribution >= 0.6 is 0 Å². The lowest BCUT2D eigenvalue weighted by Crippen LogP contribution is -2.69. The van der Waals surface area contributed by atoms with Gasteiger partial charge in [-0.15, -0.1) is 0 Å². The average molecular weight is 473 g/mol. The number of primary amides is 1. The highest BCUT2D eigenvalue weighted by Gasteiger charge is 2.67. The number of anilines is 1. The van der Waals surface area contributed by atoms with Gasteiger partial charge >= 0.3 is 0 Å². The molecule has 1 aromatic rings. The summed E-state index contributed by atoms with van der Waals surface area (Å²) in [6.45, 7) is 0. The number of aliphatic hydroxyl groups excluding tert-OH is 2. The molecule has 0 saturated heterocycles. The molecule has 34 heavy (non-hydrogen) atoms. The minimum atomic E-state index is -2.81. The van der Waals surface area contributed by atoms with Gasteiger partial charge in [0.15, 0.2) is 11.4 Å². The van der Waals surface area contributed by atoms with Crippen LogP contribution < -0.4 is 10.6 Å². The molecule has 182 valence electrons. The second kappa shape index (κ2) is 7.29. The lowest BCUT2D eigenvalue weighted by molar-refractivity contribution is -0.161. The monoisotopic (exact) mass is 473 g/mol. The lowest BCUT2D eigenvalue weighted by atomic mass is 9.55. The molecule has 0 spiro atoms. The summed E-state index contributed by atoms with van der Waals surface area (Å²) in [4.78, 5) is 41.9. The smallest absolute Gasteiger partial charge is 0.255 e. The van der Waals surface area contributed by atoms with Crippen molar-refractivity contribution in [2.24, 2.45) is 11.7 Å². The highest BCUT2D eigenvalue weighted by atomic mass is 16.4. The molecule has 1 saturated carbocycles. The van der Waals surface area contributed by atoms with E-state index in [2.05, 4.69) is 0 Å². The molecule has 0 aromatic heterocycles. The summed E-state index contributed by atoms with van der Waals surface area (Å²) in [7, 11) is 6.43.